The van der Waals surface area contributed by atoms with Crippen molar-refractivity contribution in [1.82, 2.24) is 15.1 Å². The Labute approximate surface area is 225 Å². The molecule has 0 aromatic heterocycles. The minimum atomic E-state index is -0.990. The van der Waals surface area contributed by atoms with E-state index in [1.807, 2.05) is 0 Å². The van der Waals surface area contributed by atoms with Crippen LogP contribution in [0.3, 0.4) is 0 Å². The summed E-state index contributed by atoms with van der Waals surface area (Å²) in [6.45, 7) is 3.26. The van der Waals surface area contributed by atoms with Gasteiger partial charge in [0.2, 0.25) is 5.91 Å². The summed E-state index contributed by atoms with van der Waals surface area (Å²) in [7, 11) is 0. The highest BCUT2D eigenvalue weighted by Gasteiger charge is 2.44. The van der Waals surface area contributed by atoms with Gasteiger partial charge >= 0.3 is 6.03 Å². The normalized spacial score (nSPS) is 20.0. The Kier molecular flexibility index (Phi) is 6.70. The van der Waals surface area contributed by atoms with Crippen LogP contribution in [0.15, 0.2) is 66.7 Å². The zero-order valence-corrected chi connectivity index (χ0v) is 21.8. The van der Waals surface area contributed by atoms with Gasteiger partial charge in [-0.3, -0.25) is 4.79 Å². The predicted molar refractivity (Wildman–Crippen MR) is 145 cm³/mol. The number of rotatable bonds is 5. The first kappa shape index (κ1) is 25.1. The lowest BCUT2D eigenvalue weighted by Gasteiger charge is -2.41. The van der Waals surface area contributed by atoms with E-state index >= 15 is 0 Å². The van der Waals surface area contributed by atoms with Crippen molar-refractivity contribution in [3.8, 4) is 11.1 Å². The first-order valence-electron chi connectivity index (χ1n) is 13.1. The van der Waals surface area contributed by atoms with Crippen molar-refractivity contribution in [2.24, 2.45) is 0 Å². The number of benzene rings is 3. The molecular weight excluding hydrogens is 504 g/mol. The number of hydrogen-bond donors (Lipinski definition) is 1. The summed E-state index contributed by atoms with van der Waals surface area (Å²) in [6, 6.07) is 20.6. The lowest BCUT2D eigenvalue weighted by atomic mass is 9.71. The summed E-state index contributed by atoms with van der Waals surface area (Å²) >= 11 is 1.23. The highest BCUT2D eigenvalue weighted by molar-refractivity contribution is 8.00. The number of nitrogens with one attached hydrogen (secondary N) is 1. The topological polar surface area (TPSA) is 52.7 Å². The van der Waals surface area contributed by atoms with Gasteiger partial charge in [-0.1, -0.05) is 54.6 Å². The number of carbonyl (C=O) groups is 2. The van der Waals surface area contributed by atoms with Crippen molar-refractivity contribution in [3.63, 3.8) is 0 Å². The van der Waals surface area contributed by atoms with Crippen LogP contribution in [0.5, 0.6) is 0 Å². The maximum atomic E-state index is 13.7. The Morgan fingerprint density at radius 1 is 0.947 bits per heavy atom. The first-order valence-corrected chi connectivity index (χ1v) is 14.1. The van der Waals surface area contributed by atoms with E-state index in [0.717, 1.165) is 55.9 Å². The van der Waals surface area contributed by atoms with Crippen LogP contribution in [0.25, 0.3) is 11.1 Å². The van der Waals surface area contributed by atoms with Gasteiger partial charge in [0.05, 0.1) is 5.75 Å². The van der Waals surface area contributed by atoms with Crippen LogP contribution in [-0.2, 0) is 10.2 Å². The van der Waals surface area contributed by atoms with E-state index in [0.29, 0.717) is 12.1 Å². The zero-order chi connectivity index (χ0) is 26.3. The van der Waals surface area contributed by atoms with Crippen LogP contribution in [-0.4, -0.2) is 53.7 Å². The van der Waals surface area contributed by atoms with Gasteiger partial charge < -0.3 is 10.2 Å². The zero-order valence-electron chi connectivity index (χ0n) is 21.0. The molecule has 3 aromatic rings. The summed E-state index contributed by atoms with van der Waals surface area (Å²) in [5.74, 6) is -2.15. The number of imide groups is 1. The van der Waals surface area contributed by atoms with E-state index in [-0.39, 0.29) is 17.1 Å². The Balaban J connectivity index is 1.03. The molecule has 3 aromatic carbocycles. The number of hydrogen-bond acceptors (Lipinski definition) is 4. The lowest BCUT2D eigenvalue weighted by molar-refractivity contribution is -0.125. The molecule has 38 heavy (non-hydrogen) atoms. The fraction of sp³-hybridized carbons (Fsp3) is 0.333. The van der Waals surface area contributed by atoms with Gasteiger partial charge in [-0.05, 0) is 78.8 Å². The van der Waals surface area contributed by atoms with Crippen molar-refractivity contribution in [1.29, 1.82) is 0 Å². The van der Waals surface area contributed by atoms with Crippen molar-refractivity contribution in [2.45, 2.75) is 30.1 Å². The summed E-state index contributed by atoms with van der Waals surface area (Å²) in [6.07, 6.45) is 2.88. The molecule has 6 rings (SSSR count). The number of thioether (sulfide) groups is 1. The summed E-state index contributed by atoms with van der Waals surface area (Å²) in [5.41, 5.74) is 6.06. The van der Waals surface area contributed by atoms with E-state index in [9.17, 15) is 18.4 Å². The number of likely N-dealkylation sites (tertiary alicyclic amines) is 1. The molecule has 1 aliphatic carbocycles. The van der Waals surface area contributed by atoms with Crippen LogP contribution >= 0.6 is 11.8 Å². The third-order valence-electron chi connectivity index (χ3n) is 8.13. The number of fused-ring (bicyclic) bond motifs is 5. The molecule has 1 atom stereocenters. The van der Waals surface area contributed by atoms with Crippen LogP contribution in [0, 0.1) is 11.6 Å². The Morgan fingerprint density at radius 3 is 2.26 bits per heavy atom. The highest BCUT2D eigenvalue weighted by Crippen LogP contribution is 2.53. The standard InChI is InChI=1S/C30H29F2N3O2S/c31-25-11-10-20(18-26(25)32)28-35(27(36)19-38-28)29(37)33-14-5-15-34-16-12-30(13-17-34)23-8-3-1-6-21(23)22-7-2-4-9-24(22)30/h1-4,6-11,18,28H,5,12-17,19H2,(H,33,37). The molecule has 0 bridgehead atoms. The second-order valence-electron chi connectivity index (χ2n) is 10.2. The minimum absolute atomic E-state index is 0.0700. The molecule has 1 N–H and O–H groups in total. The molecule has 3 amide bonds. The van der Waals surface area contributed by atoms with Crippen molar-refractivity contribution < 1.29 is 18.4 Å². The molecule has 8 heteroatoms. The Bertz CT molecular complexity index is 1340. The fourth-order valence-corrected chi connectivity index (χ4v) is 7.39. The smallest absolute Gasteiger partial charge is 0.325 e. The number of urea groups is 1. The fourth-order valence-electron chi connectivity index (χ4n) is 6.25. The summed E-state index contributed by atoms with van der Waals surface area (Å²) in [4.78, 5) is 28.8. The van der Waals surface area contributed by atoms with Gasteiger partial charge in [-0.2, -0.15) is 0 Å². The average Bonchev–Trinajstić information content (AvgIpc) is 3.46. The average molecular weight is 534 g/mol. The molecule has 3 aliphatic rings. The quantitative estimate of drug-likeness (QED) is 0.428. The first-order chi connectivity index (χ1) is 18.5. The summed E-state index contributed by atoms with van der Waals surface area (Å²) in [5, 5.41) is 2.19. The van der Waals surface area contributed by atoms with Gasteiger partial charge in [-0.25, -0.2) is 18.5 Å². The Hall–Kier alpha value is -3.23. The van der Waals surface area contributed by atoms with Crippen molar-refractivity contribution >= 4 is 23.7 Å². The van der Waals surface area contributed by atoms with Crippen molar-refractivity contribution in [2.75, 3.05) is 31.9 Å². The van der Waals surface area contributed by atoms with Gasteiger partial charge in [0.1, 0.15) is 5.37 Å². The van der Waals surface area contributed by atoms with Gasteiger partial charge in [-0.15, -0.1) is 11.8 Å². The number of carbonyl (C=O) groups excluding carboxylic acids is 2. The molecule has 196 valence electrons. The minimum Gasteiger partial charge on any atom is -0.338 e. The van der Waals surface area contributed by atoms with Crippen LogP contribution in [0.4, 0.5) is 13.6 Å². The lowest BCUT2D eigenvalue weighted by Crippen LogP contribution is -2.44. The van der Waals surface area contributed by atoms with E-state index < -0.39 is 23.0 Å². The second kappa shape index (κ2) is 10.2. The SMILES string of the molecule is O=C1CSC(c2ccc(F)c(F)c2)N1C(=O)NCCCN1CCC2(CC1)c1ccccc1-c1ccccc12. The Morgan fingerprint density at radius 2 is 1.61 bits per heavy atom. The number of piperidine rings is 1. The number of halogens is 2. The van der Waals surface area contributed by atoms with Gasteiger partial charge in [0.15, 0.2) is 11.6 Å². The monoisotopic (exact) mass is 533 g/mol. The predicted octanol–water partition coefficient (Wildman–Crippen LogP) is 5.70. The molecule has 1 spiro atoms. The van der Waals surface area contributed by atoms with Gasteiger partial charge in [0.25, 0.3) is 0 Å². The molecule has 5 nitrogen and oxygen atoms in total. The van der Waals surface area contributed by atoms with E-state index in [1.54, 1.807) is 0 Å². The largest absolute Gasteiger partial charge is 0.338 e. The molecule has 2 aliphatic heterocycles. The van der Waals surface area contributed by atoms with Crippen LogP contribution in [0.1, 0.15) is 41.3 Å². The maximum Gasteiger partial charge on any atom is 0.325 e. The van der Waals surface area contributed by atoms with Crippen LogP contribution in [0.2, 0.25) is 0 Å². The molecule has 2 heterocycles. The third kappa shape index (κ3) is 4.29. The van der Waals surface area contributed by atoms with Crippen LogP contribution < -0.4 is 5.32 Å². The van der Waals surface area contributed by atoms with E-state index in [4.69, 9.17) is 0 Å². The van der Waals surface area contributed by atoms with E-state index in [1.165, 1.54) is 40.1 Å². The second-order valence-corrected chi connectivity index (χ2v) is 11.3. The molecule has 1 unspecified atom stereocenters. The molecule has 0 radical (unpaired) electrons. The number of nitrogens with zero attached hydrogens (tertiary/aromatic N) is 2. The maximum absolute atomic E-state index is 13.7. The van der Waals surface area contributed by atoms with E-state index in [2.05, 4.69) is 58.7 Å². The number of amides is 3. The molecule has 0 saturated carbocycles. The van der Waals surface area contributed by atoms with Crippen molar-refractivity contribution in [3.05, 3.63) is 95.1 Å². The molecular formula is C30H29F2N3O2S. The third-order valence-corrected chi connectivity index (χ3v) is 9.34. The highest BCUT2D eigenvalue weighted by atomic mass is 32.2. The summed E-state index contributed by atoms with van der Waals surface area (Å²) < 4.78 is 27.1. The molecule has 2 saturated heterocycles. The van der Waals surface area contributed by atoms with Gasteiger partial charge in [0, 0.05) is 12.0 Å². The molecule has 2 fully saturated rings.